The molecule has 0 aromatic heterocycles. The Morgan fingerprint density at radius 1 is 1.55 bits per heavy atom. The Kier molecular flexibility index (Phi) is 18.3. The first-order valence-electron chi connectivity index (χ1n) is 2.86. The Bertz CT molecular complexity index is 166. The van der Waals surface area contributed by atoms with Gasteiger partial charge in [-0.15, -0.1) is 0 Å². The van der Waals surface area contributed by atoms with Crippen molar-refractivity contribution in [3.63, 3.8) is 0 Å². The van der Waals surface area contributed by atoms with Gasteiger partial charge in [0.1, 0.15) is 0 Å². The van der Waals surface area contributed by atoms with Gasteiger partial charge in [-0.05, 0) is 18.4 Å². The molecule has 0 spiro atoms. The average Bonchev–Trinajstić information content (AvgIpc) is 2.00. The van der Waals surface area contributed by atoms with Crippen molar-refractivity contribution in [3.05, 3.63) is 12.2 Å². The lowest BCUT2D eigenvalue weighted by Gasteiger charge is -1.83. The van der Waals surface area contributed by atoms with Gasteiger partial charge in [0.15, 0.2) is 0 Å². The SMILES string of the molecule is CSCC/C=C/C#N.O=C=O. The average molecular weight is 171 g/mol. The minimum atomic E-state index is 0.250. The van der Waals surface area contributed by atoms with Crippen molar-refractivity contribution in [2.45, 2.75) is 6.42 Å². The molecular formula is C7H9NO2S. The van der Waals surface area contributed by atoms with Crippen LogP contribution in [0.5, 0.6) is 0 Å². The lowest BCUT2D eigenvalue weighted by atomic mass is 10.4. The number of thioether (sulfide) groups is 1. The summed E-state index contributed by atoms with van der Waals surface area (Å²) in [6.45, 7) is 0. The van der Waals surface area contributed by atoms with Crippen LogP contribution in [0.2, 0.25) is 0 Å². The third kappa shape index (κ3) is 27.7. The van der Waals surface area contributed by atoms with Crippen LogP contribution in [0, 0.1) is 11.3 Å². The molecule has 0 radical (unpaired) electrons. The molecule has 3 nitrogen and oxygen atoms in total. The van der Waals surface area contributed by atoms with Gasteiger partial charge in [0.25, 0.3) is 0 Å². The zero-order valence-corrected chi connectivity index (χ0v) is 7.06. The molecule has 0 bridgehead atoms. The summed E-state index contributed by atoms with van der Waals surface area (Å²) in [6.07, 6.45) is 6.72. The molecule has 0 aliphatic carbocycles. The smallest absolute Gasteiger partial charge is 0.193 e. The molecule has 0 aromatic rings. The van der Waals surface area contributed by atoms with Crippen LogP contribution in [0.1, 0.15) is 6.42 Å². The first kappa shape index (κ1) is 12.6. The maximum absolute atomic E-state index is 8.12. The normalized spacial score (nSPS) is 7.64. The number of carbonyl (C=O) groups excluding carboxylic acids is 2. The quantitative estimate of drug-likeness (QED) is 0.473. The Hall–Kier alpha value is -1.04. The number of hydrogen-bond acceptors (Lipinski definition) is 4. The molecule has 0 fully saturated rings. The molecule has 0 N–H and O–H groups in total. The van der Waals surface area contributed by atoms with Crippen molar-refractivity contribution in [3.8, 4) is 6.07 Å². The fraction of sp³-hybridized carbons (Fsp3) is 0.429. The highest BCUT2D eigenvalue weighted by molar-refractivity contribution is 7.98. The predicted molar refractivity (Wildman–Crippen MR) is 42.8 cm³/mol. The van der Waals surface area contributed by atoms with Gasteiger partial charge < -0.3 is 0 Å². The van der Waals surface area contributed by atoms with Crippen molar-refractivity contribution < 1.29 is 9.59 Å². The Morgan fingerprint density at radius 2 is 2.09 bits per heavy atom. The molecule has 11 heavy (non-hydrogen) atoms. The second-order valence-electron chi connectivity index (χ2n) is 1.40. The van der Waals surface area contributed by atoms with E-state index in [1.54, 1.807) is 11.8 Å². The molecule has 0 atom stereocenters. The summed E-state index contributed by atoms with van der Waals surface area (Å²) in [5.74, 6) is 1.11. The van der Waals surface area contributed by atoms with E-state index in [1.807, 2.05) is 12.1 Å². The summed E-state index contributed by atoms with van der Waals surface area (Å²) in [5.41, 5.74) is 0. The van der Waals surface area contributed by atoms with Gasteiger partial charge in [0, 0.05) is 6.08 Å². The largest absolute Gasteiger partial charge is 0.373 e. The molecule has 0 amide bonds. The van der Waals surface area contributed by atoms with Gasteiger partial charge in [-0.3, -0.25) is 0 Å². The third-order valence-electron chi connectivity index (χ3n) is 0.681. The van der Waals surface area contributed by atoms with Gasteiger partial charge >= 0.3 is 6.15 Å². The van der Waals surface area contributed by atoms with Gasteiger partial charge in [0.05, 0.1) is 6.07 Å². The third-order valence-corrected chi connectivity index (χ3v) is 1.32. The summed E-state index contributed by atoms with van der Waals surface area (Å²) in [5, 5.41) is 8.02. The van der Waals surface area contributed by atoms with E-state index in [1.165, 1.54) is 6.08 Å². The van der Waals surface area contributed by atoms with E-state index in [-0.39, 0.29) is 6.15 Å². The molecule has 0 aliphatic rings. The second kappa shape index (κ2) is 16.0. The van der Waals surface area contributed by atoms with Crippen LogP contribution in [0.3, 0.4) is 0 Å². The highest BCUT2D eigenvalue weighted by Gasteiger charge is 1.74. The standard InChI is InChI=1S/C6H9NS.CO2/c1-8-6-4-2-3-5-7;2-1-3/h2-3H,4,6H2,1H3;/b3-2+;. The van der Waals surface area contributed by atoms with Crippen molar-refractivity contribution in [2.75, 3.05) is 12.0 Å². The minimum Gasteiger partial charge on any atom is -0.193 e. The summed E-state index contributed by atoms with van der Waals surface area (Å²) >= 11 is 1.79. The van der Waals surface area contributed by atoms with Crippen molar-refractivity contribution in [1.29, 1.82) is 5.26 Å². The number of allylic oxidation sites excluding steroid dienone is 2. The number of nitrogens with zero attached hydrogens (tertiary/aromatic N) is 1. The van der Waals surface area contributed by atoms with Crippen LogP contribution in [0.4, 0.5) is 0 Å². The fourth-order valence-corrected chi connectivity index (χ4v) is 0.694. The van der Waals surface area contributed by atoms with Crippen LogP contribution in [0.15, 0.2) is 12.2 Å². The van der Waals surface area contributed by atoms with Crippen LogP contribution in [-0.4, -0.2) is 18.2 Å². The van der Waals surface area contributed by atoms with Crippen LogP contribution in [0.25, 0.3) is 0 Å². The molecule has 0 unspecified atom stereocenters. The molecule has 60 valence electrons. The van der Waals surface area contributed by atoms with Crippen LogP contribution < -0.4 is 0 Å². The lowest BCUT2D eigenvalue weighted by molar-refractivity contribution is -0.191. The van der Waals surface area contributed by atoms with Crippen LogP contribution >= 0.6 is 11.8 Å². The van der Waals surface area contributed by atoms with Crippen molar-refractivity contribution in [1.82, 2.24) is 0 Å². The maximum Gasteiger partial charge on any atom is 0.373 e. The molecular weight excluding hydrogens is 162 g/mol. The minimum absolute atomic E-state index is 0.250. The summed E-state index contributed by atoms with van der Waals surface area (Å²) < 4.78 is 0. The maximum atomic E-state index is 8.12. The summed E-state index contributed by atoms with van der Waals surface area (Å²) in [7, 11) is 0. The van der Waals surface area contributed by atoms with E-state index in [4.69, 9.17) is 14.9 Å². The van der Waals surface area contributed by atoms with Gasteiger partial charge in [0.2, 0.25) is 0 Å². The van der Waals surface area contributed by atoms with Gasteiger partial charge in [-0.25, -0.2) is 0 Å². The lowest BCUT2D eigenvalue weighted by Crippen LogP contribution is -1.69. The van der Waals surface area contributed by atoms with Crippen molar-refractivity contribution >= 4 is 17.9 Å². The molecule has 4 heteroatoms. The molecule has 0 saturated carbocycles. The fourth-order valence-electron chi connectivity index (χ4n) is 0.322. The van der Waals surface area contributed by atoms with E-state index in [0.717, 1.165) is 12.2 Å². The first-order chi connectivity index (χ1) is 5.33. The highest BCUT2D eigenvalue weighted by Crippen LogP contribution is 1.94. The Balaban J connectivity index is 0. The van der Waals surface area contributed by atoms with E-state index in [9.17, 15) is 0 Å². The summed E-state index contributed by atoms with van der Waals surface area (Å²) in [6, 6.07) is 1.94. The molecule has 0 heterocycles. The molecule has 0 aromatic carbocycles. The Morgan fingerprint density at radius 3 is 2.45 bits per heavy atom. The number of rotatable bonds is 3. The van der Waals surface area contributed by atoms with E-state index in [2.05, 4.69) is 6.26 Å². The zero-order chi connectivity index (χ0) is 8.95. The Labute approximate surface area is 70.1 Å². The predicted octanol–water partition coefficient (Wildman–Crippen LogP) is 1.24. The summed E-state index contributed by atoms with van der Waals surface area (Å²) in [4.78, 5) is 16.2. The van der Waals surface area contributed by atoms with Crippen LogP contribution in [-0.2, 0) is 9.59 Å². The number of hydrogen-bond donors (Lipinski definition) is 0. The molecule has 0 saturated heterocycles. The van der Waals surface area contributed by atoms with Crippen molar-refractivity contribution in [2.24, 2.45) is 0 Å². The van der Waals surface area contributed by atoms with Gasteiger partial charge in [-0.2, -0.15) is 26.6 Å². The molecule has 0 rings (SSSR count). The second-order valence-corrected chi connectivity index (χ2v) is 2.38. The molecule has 0 aliphatic heterocycles. The van der Waals surface area contributed by atoms with E-state index < -0.39 is 0 Å². The number of nitriles is 1. The van der Waals surface area contributed by atoms with Gasteiger partial charge in [-0.1, -0.05) is 6.08 Å². The zero-order valence-electron chi connectivity index (χ0n) is 6.24. The van der Waals surface area contributed by atoms with E-state index in [0.29, 0.717) is 0 Å². The highest BCUT2D eigenvalue weighted by atomic mass is 32.2. The first-order valence-corrected chi connectivity index (χ1v) is 4.25. The topological polar surface area (TPSA) is 57.9 Å². The monoisotopic (exact) mass is 171 g/mol. The van der Waals surface area contributed by atoms with E-state index >= 15 is 0 Å².